The number of anilines is 1. The van der Waals surface area contributed by atoms with Crippen LogP contribution in [0.15, 0.2) is 89.8 Å². The maximum atomic E-state index is 14.2. The van der Waals surface area contributed by atoms with Gasteiger partial charge in [0.1, 0.15) is 6.04 Å². The number of ether oxygens (including phenoxy) is 1. The predicted molar refractivity (Wildman–Crippen MR) is 182 cm³/mol. The fourth-order valence-corrected chi connectivity index (χ4v) is 6.83. The fraction of sp³-hybridized carbons (Fsp3) is 0.394. The first-order valence-corrected chi connectivity index (χ1v) is 17.7. The number of methoxy groups -OCH3 is 1. The molecule has 0 saturated heterocycles. The second-order valence-electron chi connectivity index (χ2n) is 10.6. The van der Waals surface area contributed by atoms with E-state index in [2.05, 4.69) is 15.2 Å². The van der Waals surface area contributed by atoms with Crippen molar-refractivity contribution >= 4 is 35.5 Å². The molecule has 1 unspecified atom stereocenters. The zero-order chi connectivity index (χ0) is 42.1. The second kappa shape index (κ2) is 18.1. The lowest BCUT2D eigenvalue weighted by atomic mass is 9.84. The summed E-state index contributed by atoms with van der Waals surface area (Å²) in [6, 6.07) is 19.1. The predicted octanol–water partition coefficient (Wildman–Crippen LogP) is 4.24. The molecule has 0 saturated carbocycles. The van der Waals surface area contributed by atoms with Gasteiger partial charge in [0, 0.05) is 41.7 Å². The number of phosphoric acid groups is 1. The van der Waals surface area contributed by atoms with Crippen molar-refractivity contribution in [2.24, 2.45) is 5.89 Å². The van der Waals surface area contributed by atoms with Crippen LogP contribution in [-0.2, 0) is 28.6 Å². The molecule has 0 spiro atoms. The molecule has 0 aliphatic carbocycles. The van der Waals surface area contributed by atoms with E-state index in [1.54, 1.807) is 60.7 Å². The highest BCUT2D eigenvalue weighted by molar-refractivity contribution is 7.89. The van der Waals surface area contributed by atoms with Crippen LogP contribution in [0.5, 0.6) is 0 Å². The third kappa shape index (κ3) is 11.7. The van der Waals surface area contributed by atoms with Crippen LogP contribution in [0.3, 0.4) is 0 Å². The lowest BCUT2D eigenvalue weighted by molar-refractivity contribution is -0.123. The Morgan fingerprint density at radius 1 is 1.00 bits per heavy atom. The van der Waals surface area contributed by atoms with Gasteiger partial charge in [-0.1, -0.05) is 80.8 Å². The minimum absolute atomic E-state index is 0.0351. The zero-order valence-corrected chi connectivity index (χ0v) is 27.8. The number of phosphoric ester groups is 1. The Balaban J connectivity index is 1.97. The van der Waals surface area contributed by atoms with Crippen LogP contribution >= 0.6 is 7.82 Å². The molecule has 3 atom stereocenters. The molecule has 13 nitrogen and oxygen atoms in total. The molecule has 0 bridgehead atoms. The summed E-state index contributed by atoms with van der Waals surface area (Å²) in [5, 5.41) is 5.29. The Morgan fingerprint density at radius 2 is 1.58 bits per heavy atom. The number of alkyl carbamates (subject to hydrolysis) is 1. The van der Waals surface area contributed by atoms with E-state index in [9.17, 15) is 32.4 Å². The molecular formula is C33H45N4O9PS. The summed E-state index contributed by atoms with van der Waals surface area (Å²) in [4.78, 5) is 44.7. The first-order chi connectivity index (χ1) is 26.0. The highest BCUT2D eigenvalue weighted by atomic mass is 32.2. The molecule has 2 amide bonds. The summed E-state index contributed by atoms with van der Waals surface area (Å²) in [6.45, 7) is -11.7. The molecule has 48 heavy (non-hydrogen) atoms. The average Bonchev–Trinajstić information content (AvgIpc) is 3.12. The van der Waals surface area contributed by atoms with Gasteiger partial charge in [0.15, 0.2) is 0 Å². The number of nitrogen functional groups attached to an aromatic ring is 1. The monoisotopic (exact) mass is 712 g/mol. The summed E-state index contributed by atoms with van der Waals surface area (Å²) in [6.07, 6.45) is -1.37. The van der Waals surface area contributed by atoms with Crippen LogP contribution in [0.25, 0.3) is 0 Å². The minimum atomic E-state index is -5.34. The number of hydrogen-bond donors (Lipinski definition) is 5. The molecule has 0 aromatic heterocycles. The molecular weight excluding hydrogens is 659 g/mol. The molecule has 0 aliphatic rings. The van der Waals surface area contributed by atoms with Gasteiger partial charge in [0.05, 0.1) is 18.6 Å². The van der Waals surface area contributed by atoms with Crippen LogP contribution in [0.4, 0.5) is 10.5 Å². The fourth-order valence-electron chi connectivity index (χ4n) is 4.94. The van der Waals surface area contributed by atoms with Crippen molar-refractivity contribution < 1.29 is 52.6 Å². The zero-order valence-electron chi connectivity index (χ0n) is 34.1. The SMILES string of the molecule is [2H]C(N([C@@H](CCCCNC(=O)[C@@H](NC(=O)OC)C(c1ccccc1)c1ccccc1)COP(=O)(O)O)S(=O)(=O)c1ccc(N)cc1)C([2H])(C([2H])([2H])[2H])C([2H])([2H])[2H]. The van der Waals surface area contributed by atoms with Crippen LogP contribution in [0.2, 0.25) is 0 Å². The van der Waals surface area contributed by atoms with E-state index in [1.165, 1.54) is 0 Å². The third-order valence-electron chi connectivity index (χ3n) is 7.16. The molecule has 0 fully saturated rings. The minimum Gasteiger partial charge on any atom is -0.453 e. The van der Waals surface area contributed by atoms with E-state index in [1.807, 2.05) is 0 Å². The molecule has 0 aliphatic heterocycles. The smallest absolute Gasteiger partial charge is 0.453 e. The summed E-state index contributed by atoms with van der Waals surface area (Å²) in [7, 11) is -9.32. The Labute approximate surface area is 293 Å². The number of benzene rings is 3. The van der Waals surface area contributed by atoms with Gasteiger partial charge in [0.25, 0.3) is 0 Å². The molecule has 262 valence electrons. The number of hydrogen-bond acceptors (Lipinski definition) is 8. The van der Waals surface area contributed by atoms with E-state index >= 15 is 0 Å². The van der Waals surface area contributed by atoms with E-state index in [0.717, 1.165) is 31.4 Å². The molecule has 0 radical (unpaired) electrons. The van der Waals surface area contributed by atoms with Gasteiger partial charge in [-0.2, -0.15) is 4.31 Å². The number of nitrogens with one attached hydrogen (secondary N) is 2. The summed E-state index contributed by atoms with van der Waals surface area (Å²) >= 11 is 0. The van der Waals surface area contributed by atoms with Gasteiger partial charge >= 0.3 is 13.9 Å². The summed E-state index contributed by atoms with van der Waals surface area (Å²) in [5.74, 6) is -5.10. The molecule has 0 heterocycles. The quantitative estimate of drug-likeness (QED) is 0.0723. The van der Waals surface area contributed by atoms with Crippen molar-refractivity contribution in [3.8, 4) is 0 Å². The van der Waals surface area contributed by atoms with Crippen LogP contribution in [0.1, 0.15) is 61.0 Å². The Morgan fingerprint density at radius 3 is 2.10 bits per heavy atom. The normalized spacial score (nSPS) is 17.2. The lowest BCUT2D eigenvalue weighted by Gasteiger charge is -2.32. The maximum absolute atomic E-state index is 14.2. The molecule has 3 rings (SSSR count). The van der Waals surface area contributed by atoms with Crippen molar-refractivity contribution in [3.05, 3.63) is 96.1 Å². The number of unbranched alkanes of at least 4 members (excludes halogenated alkanes) is 1. The molecule has 3 aromatic rings. The third-order valence-corrected chi connectivity index (χ3v) is 9.47. The first-order valence-electron chi connectivity index (χ1n) is 18.8. The van der Waals surface area contributed by atoms with Crippen molar-refractivity contribution in [1.82, 2.24) is 14.9 Å². The van der Waals surface area contributed by atoms with Gasteiger partial charge in [-0.05, 0) is 54.1 Å². The number of carbonyl (C=O) groups is 2. The number of sulfonamides is 1. The Kier molecular flexibility index (Phi) is 10.6. The highest BCUT2D eigenvalue weighted by Gasteiger charge is 2.35. The topological polar surface area (TPSA) is 198 Å². The number of rotatable bonds is 18. The number of nitrogens with zero attached hydrogens (tertiary/aromatic N) is 1. The average molecular weight is 713 g/mol. The van der Waals surface area contributed by atoms with Gasteiger partial charge in [-0.15, -0.1) is 0 Å². The van der Waals surface area contributed by atoms with Gasteiger partial charge < -0.3 is 30.9 Å². The van der Waals surface area contributed by atoms with E-state index in [4.69, 9.17) is 21.4 Å². The number of amides is 2. The van der Waals surface area contributed by atoms with Gasteiger partial charge in [-0.25, -0.2) is 17.8 Å². The van der Waals surface area contributed by atoms with Crippen molar-refractivity contribution in [2.75, 3.05) is 32.5 Å². The standard InChI is InChI=1S/C33H45N4O9PS/c1-24(2)22-37(48(43,44)29-19-17-27(34)18-20-29)28(23-46-47(40,41)42)16-10-11-21-35-32(38)31(36-33(39)45-3)30(25-12-6-4-7-13-25)26-14-8-5-9-15-26/h4-9,12-15,17-20,24,28,30-31H,10-11,16,21-23,34H2,1-3H3,(H,35,38)(H,36,39)(H2,40,41,42)/t28-,31-/m0/s1/i1D3,2D3,22D,24D/t22?,28-,31-. The number of nitrogens with two attached hydrogens (primary N) is 1. The second-order valence-corrected chi connectivity index (χ2v) is 13.7. The lowest BCUT2D eigenvalue weighted by Crippen LogP contribution is -2.50. The van der Waals surface area contributed by atoms with Crippen LogP contribution < -0.4 is 16.4 Å². The van der Waals surface area contributed by atoms with E-state index < -0.39 is 91.9 Å². The molecule has 3 aromatic carbocycles. The van der Waals surface area contributed by atoms with Crippen molar-refractivity contribution in [1.29, 1.82) is 0 Å². The summed E-state index contributed by atoms with van der Waals surface area (Å²) in [5.41, 5.74) is 7.19. The van der Waals surface area contributed by atoms with Gasteiger partial charge in [-0.3, -0.25) is 9.32 Å². The number of carbonyl (C=O) groups excluding carboxylic acids is 2. The van der Waals surface area contributed by atoms with Gasteiger partial charge in [0.2, 0.25) is 15.9 Å². The highest BCUT2D eigenvalue weighted by Crippen LogP contribution is 2.37. The summed E-state index contributed by atoms with van der Waals surface area (Å²) < 4.78 is 115. The molecule has 6 N–H and O–H groups in total. The van der Waals surface area contributed by atoms with E-state index in [-0.39, 0.29) is 29.4 Å². The van der Waals surface area contributed by atoms with Crippen molar-refractivity contribution in [2.45, 2.75) is 55.9 Å². The van der Waals surface area contributed by atoms with E-state index in [0.29, 0.717) is 11.1 Å². The van der Waals surface area contributed by atoms with Crippen LogP contribution in [0, 0.1) is 5.89 Å². The Bertz CT molecular complexity index is 1850. The van der Waals surface area contributed by atoms with Crippen molar-refractivity contribution in [3.63, 3.8) is 0 Å². The largest absolute Gasteiger partial charge is 0.469 e. The first kappa shape index (κ1) is 28.1. The van der Waals surface area contributed by atoms with Crippen LogP contribution in [-0.4, -0.2) is 73.4 Å². The Hall–Kier alpha value is -3.78. The maximum Gasteiger partial charge on any atom is 0.469 e. The molecule has 15 heteroatoms.